The molecule has 0 bridgehead atoms. The summed E-state index contributed by atoms with van der Waals surface area (Å²) in [6, 6.07) is 0. The second kappa shape index (κ2) is 6.30. The number of allylic oxidation sites excluding steroid dienone is 2. The molecule has 0 aromatic rings. The number of rotatable bonds is 1. The van der Waals surface area contributed by atoms with E-state index in [1.165, 1.54) is 12.7 Å². The predicted octanol–water partition coefficient (Wildman–Crippen LogP) is 4.30. The normalized spacial score (nSPS) is 44.9. The van der Waals surface area contributed by atoms with Gasteiger partial charge in [0.25, 0.3) is 0 Å². The smallest absolute Gasteiger partial charge is 0.345 e. The maximum atomic E-state index is 13.6. The fraction of sp³-hybridized carbons (Fsp3) is 0.720. The minimum Gasteiger partial charge on any atom is -0.482 e. The molecule has 3 saturated carbocycles. The van der Waals surface area contributed by atoms with Crippen molar-refractivity contribution >= 4 is 17.5 Å². The molecule has 0 unspecified atom stereocenters. The molecule has 0 N–H and O–H groups in total. The van der Waals surface area contributed by atoms with Crippen molar-refractivity contribution in [2.24, 2.45) is 28.6 Å². The Bertz CT molecular complexity index is 912. The minimum atomic E-state index is -0.921. The molecule has 162 valence electrons. The first-order valence-corrected chi connectivity index (χ1v) is 11.4. The van der Waals surface area contributed by atoms with E-state index in [1.54, 1.807) is 6.92 Å². The Balaban J connectivity index is 1.49. The highest BCUT2D eigenvalue weighted by Gasteiger charge is 2.70. The van der Waals surface area contributed by atoms with Gasteiger partial charge in [-0.1, -0.05) is 19.4 Å². The van der Waals surface area contributed by atoms with Gasteiger partial charge < -0.3 is 9.47 Å². The number of ether oxygens (including phenoxy) is 2. The van der Waals surface area contributed by atoms with E-state index in [-0.39, 0.29) is 28.0 Å². The highest BCUT2D eigenvalue weighted by Crippen LogP contribution is 2.69. The van der Waals surface area contributed by atoms with E-state index in [9.17, 15) is 14.4 Å². The van der Waals surface area contributed by atoms with Gasteiger partial charge >= 0.3 is 5.97 Å². The van der Waals surface area contributed by atoms with Gasteiger partial charge in [-0.05, 0) is 81.1 Å². The molecule has 1 aliphatic heterocycles. The van der Waals surface area contributed by atoms with Crippen LogP contribution in [-0.4, -0.2) is 30.2 Å². The van der Waals surface area contributed by atoms with Crippen molar-refractivity contribution in [2.45, 2.75) is 77.7 Å². The fourth-order valence-electron chi connectivity index (χ4n) is 8.16. The van der Waals surface area contributed by atoms with Crippen LogP contribution in [0.2, 0.25) is 0 Å². The van der Waals surface area contributed by atoms with Crippen molar-refractivity contribution < 1.29 is 23.9 Å². The van der Waals surface area contributed by atoms with Crippen LogP contribution < -0.4 is 0 Å². The van der Waals surface area contributed by atoms with Gasteiger partial charge in [-0.3, -0.25) is 9.59 Å². The molecular formula is C25H32O5. The van der Waals surface area contributed by atoms with E-state index in [1.807, 2.05) is 6.08 Å². The van der Waals surface area contributed by atoms with E-state index < -0.39 is 11.6 Å². The number of carbonyl (C=O) groups excluding carboxylic acids is 3. The molecule has 5 rings (SSSR count). The van der Waals surface area contributed by atoms with Crippen LogP contribution in [0.1, 0.15) is 72.1 Å². The number of hydrogen-bond donors (Lipinski definition) is 0. The summed E-state index contributed by atoms with van der Waals surface area (Å²) >= 11 is 0. The molecule has 5 heteroatoms. The summed E-state index contributed by atoms with van der Waals surface area (Å²) < 4.78 is 11.2. The molecule has 0 saturated heterocycles. The molecule has 0 amide bonds. The van der Waals surface area contributed by atoms with Crippen LogP contribution in [-0.2, 0) is 23.9 Å². The molecule has 0 radical (unpaired) electrons. The quantitative estimate of drug-likeness (QED) is 0.474. The van der Waals surface area contributed by atoms with Gasteiger partial charge in [0.05, 0.1) is 7.11 Å². The van der Waals surface area contributed by atoms with Crippen LogP contribution in [0.4, 0.5) is 0 Å². The Morgan fingerprint density at radius 2 is 1.80 bits per heavy atom. The molecule has 30 heavy (non-hydrogen) atoms. The zero-order chi connectivity index (χ0) is 21.5. The molecule has 3 fully saturated rings. The Morgan fingerprint density at radius 1 is 1.07 bits per heavy atom. The van der Waals surface area contributed by atoms with Crippen molar-refractivity contribution in [1.82, 2.24) is 0 Å². The molecule has 6 atom stereocenters. The lowest BCUT2D eigenvalue weighted by molar-refractivity contribution is -0.157. The van der Waals surface area contributed by atoms with E-state index in [0.29, 0.717) is 36.4 Å². The van der Waals surface area contributed by atoms with Crippen molar-refractivity contribution in [3.05, 3.63) is 23.0 Å². The summed E-state index contributed by atoms with van der Waals surface area (Å²) in [6.45, 7) is 6.32. The Labute approximate surface area is 178 Å². The lowest BCUT2D eigenvalue weighted by atomic mass is 9.46. The lowest BCUT2D eigenvalue weighted by Gasteiger charge is -2.58. The molecule has 5 aliphatic rings. The zero-order valence-electron chi connectivity index (χ0n) is 18.5. The van der Waals surface area contributed by atoms with Crippen molar-refractivity contribution in [2.75, 3.05) is 7.11 Å². The Hall–Kier alpha value is -1.91. The van der Waals surface area contributed by atoms with Crippen molar-refractivity contribution in [3.63, 3.8) is 0 Å². The van der Waals surface area contributed by atoms with Gasteiger partial charge in [0.2, 0.25) is 5.78 Å². The van der Waals surface area contributed by atoms with Gasteiger partial charge in [0, 0.05) is 11.8 Å². The fourth-order valence-corrected chi connectivity index (χ4v) is 8.16. The van der Waals surface area contributed by atoms with Gasteiger partial charge in [-0.25, -0.2) is 4.79 Å². The number of carbonyl (C=O) groups is 3. The Morgan fingerprint density at radius 3 is 2.53 bits per heavy atom. The van der Waals surface area contributed by atoms with Crippen LogP contribution in [0.3, 0.4) is 0 Å². The summed E-state index contributed by atoms with van der Waals surface area (Å²) in [4.78, 5) is 37.9. The minimum absolute atomic E-state index is 0.105. The zero-order valence-corrected chi connectivity index (χ0v) is 18.5. The van der Waals surface area contributed by atoms with E-state index in [2.05, 4.69) is 13.8 Å². The number of esters is 1. The summed E-state index contributed by atoms with van der Waals surface area (Å²) in [6.07, 6.45) is 9.21. The first-order chi connectivity index (χ1) is 14.2. The monoisotopic (exact) mass is 412 g/mol. The lowest BCUT2D eigenvalue weighted by Crippen LogP contribution is -2.57. The number of hydrogen-bond acceptors (Lipinski definition) is 5. The van der Waals surface area contributed by atoms with Crippen LogP contribution in [0.15, 0.2) is 23.0 Å². The average molecular weight is 413 g/mol. The number of ketones is 2. The molecule has 0 aromatic carbocycles. The summed E-state index contributed by atoms with van der Waals surface area (Å²) in [5.41, 5.74) is 0.378. The van der Waals surface area contributed by atoms with Crippen LogP contribution in [0.25, 0.3) is 0 Å². The van der Waals surface area contributed by atoms with E-state index >= 15 is 0 Å². The Kier molecular flexibility index (Phi) is 4.21. The van der Waals surface area contributed by atoms with Crippen LogP contribution in [0.5, 0.6) is 0 Å². The third kappa shape index (κ3) is 2.27. The van der Waals surface area contributed by atoms with Gasteiger partial charge in [0.15, 0.2) is 11.4 Å². The number of fused-ring (bicyclic) bond motifs is 6. The van der Waals surface area contributed by atoms with Crippen LogP contribution >= 0.6 is 0 Å². The topological polar surface area (TPSA) is 69.7 Å². The largest absolute Gasteiger partial charge is 0.482 e. The van der Waals surface area contributed by atoms with Crippen LogP contribution in [0, 0.1) is 28.6 Å². The molecule has 5 nitrogen and oxygen atoms in total. The first-order valence-electron chi connectivity index (χ1n) is 11.4. The van der Waals surface area contributed by atoms with Crippen molar-refractivity contribution in [1.29, 1.82) is 0 Å². The summed E-state index contributed by atoms with van der Waals surface area (Å²) in [5, 5.41) is 0. The molecular weight excluding hydrogens is 380 g/mol. The van der Waals surface area contributed by atoms with Gasteiger partial charge in [-0.15, -0.1) is 0 Å². The van der Waals surface area contributed by atoms with Gasteiger partial charge in [-0.2, -0.15) is 0 Å². The highest BCUT2D eigenvalue weighted by molar-refractivity contribution is 6.22. The number of Topliss-reactive ketones (excluding diaryl/α,β-unsaturated/α-hetero) is 1. The maximum Gasteiger partial charge on any atom is 0.345 e. The average Bonchev–Trinajstić information content (AvgIpc) is 3.15. The molecule has 4 aliphatic carbocycles. The SMILES string of the molecule is COC(=O)C1=C(C)O[C@]2(CC[C@H]3[C@@H]4CCC5=CC(=O)CC[C@]5(C)[C@H]4CC[C@@]32C)C1=O. The van der Waals surface area contributed by atoms with E-state index in [4.69, 9.17) is 9.47 Å². The maximum absolute atomic E-state index is 13.6. The molecule has 1 heterocycles. The molecule has 1 spiro atoms. The second-order valence-electron chi connectivity index (χ2n) is 10.6. The number of methoxy groups -OCH3 is 1. The predicted molar refractivity (Wildman–Crippen MR) is 110 cm³/mol. The first kappa shape index (κ1) is 20.0. The van der Waals surface area contributed by atoms with E-state index in [0.717, 1.165) is 38.5 Å². The second-order valence-corrected chi connectivity index (χ2v) is 10.6. The summed E-state index contributed by atoms with van der Waals surface area (Å²) in [7, 11) is 1.31. The third-order valence-corrected chi connectivity index (χ3v) is 9.74. The van der Waals surface area contributed by atoms with Crippen molar-refractivity contribution in [3.8, 4) is 0 Å². The highest BCUT2D eigenvalue weighted by atomic mass is 16.5. The van der Waals surface area contributed by atoms with Gasteiger partial charge in [0.1, 0.15) is 11.3 Å². The standard InChI is InChI=1S/C25H32O5/c1-14-20(22(28)29-4)21(27)25(30-14)12-9-19-17-6-5-15-13-16(26)7-10-23(15,2)18(17)8-11-24(19,25)3/h13,17-19H,5-12H2,1-4H3/t17-,18+,19+,23+,24+,25-/m1/s1. The third-order valence-electron chi connectivity index (χ3n) is 9.74. The molecule has 0 aromatic heterocycles. The summed E-state index contributed by atoms with van der Waals surface area (Å²) in [5.74, 6) is 1.46.